The summed E-state index contributed by atoms with van der Waals surface area (Å²) in [5.41, 5.74) is 2.62. The predicted molar refractivity (Wildman–Crippen MR) is 95.3 cm³/mol. The first-order valence-corrected chi connectivity index (χ1v) is 9.21. The Morgan fingerprint density at radius 1 is 0.818 bits per heavy atom. The van der Waals surface area contributed by atoms with Crippen LogP contribution in [-0.4, -0.2) is 29.3 Å². The molecule has 2 bridgehead atoms. The molecular formula is C20H23NS. The average molecular weight is 309 g/mol. The van der Waals surface area contributed by atoms with Gasteiger partial charge < -0.3 is 4.90 Å². The van der Waals surface area contributed by atoms with Gasteiger partial charge in [0.2, 0.25) is 0 Å². The number of hydrogen-bond acceptors (Lipinski definition) is 2. The third kappa shape index (κ3) is 2.82. The zero-order valence-corrected chi connectivity index (χ0v) is 13.9. The topological polar surface area (TPSA) is 3.24 Å². The van der Waals surface area contributed by atoms with Crippen molar-refractivity contribution in [3.8, 4) is 11.1 Å². The second-order valence-corrected chi connectivity index (χ2v) is 8.03. The van der Waals surface area contributed by atoms with Gasteiger partial charge in [-0.05, 0) is 56.0 Å². The zero-order chi connectivity index (χ0) is 14.9. The van der Waals surface area contributed by atoms with Crippen LogP contribution in [0.2, 0.25) is 0 Å². The van der Waals surface area contributed by atoms with Crippen LogP contribution in [0.15, 0.2) is 59.5 Å². The molecule has 0 spiro atoms. The van der Waals surface area contributed by atoms with E-state index in [2.05, 4.69) is 78.3 Å². The molecule has 2 unspecified atom stereocenters. The molecule has 0 N–H and O–H groups in total. The van der Waals surface area contributed by atoms with E-state index in [1.807, 2.05) is 0 Å². The molecule has 2 fully saturated rings. The summed E-state index contributed by atoms with van der Waals surface area (Å²) in [5.74, 6) is 0. The van der Waals surface area contributed by atoms with E-state index in [1.54, 1.807) is 0 Å². The van der Waals surface area contributed by atoms with Crippen LogP contribution in [0, 0.1) is 0 Å². The van der Waals surface area contributed by atoms with Gasteiger partial charge in [0, 0.05) is 22.2 Å². The summed E-state index contributed by atoms with van der Waals surface area (Å²) < 4.78 is 0. The van der Waals surface area contributed by atoms with Crippen molar-refractivity contribution in [2.75, 3.05) is 7.05 Å². The van der Waals surface area contributed by atoms with E-state index in [0.717, 1.165) is 17.3 Å². The Bertz CT molecular complexity index is 608. The molecular weight excluding hydrogens is 286 g/mol. The molecule has 22 heavy (non-hydrogen) atoms. The summed E-state index contributed by atoms with van der Waals surface area (Å²) in [6, 6.07) is 21.4. The van der Waals surface area contributed by atoms with E-state index >= 15 is 0 Å². The van der Waals surface area contributed by atoms with E-state index < -0.39 is 0 Å². The van der Waals surface area contributed by atoms with Gasteiger partial charge in [-0.3, -0.25) is 0 Å². The van der Waals surface area contributed by atoms with Gasteiger partial charge in [0.25, 0.3) is 0 Å². The highest BCUT2D eigenvalue weighted by molar-refractivity contribution is 8.00. The molecule has 0 aliphatic carbocycles. The molecule has 0 saturated carbocycles. The van der Waals surface area contributed by atoms with Gasteiger partial charge in [0.15, 0.2) is 0 Å². The second-order valence-electron chi connectivity index (χ2n) is 6.65. The third-order valence-corrected chi connectivity index (χ3v) is 6.58. The Balaban J connectivity index is 1.44. The van der Waals surface area contributed by atoms with E-state index in [9.17, 15) is 0 Å². The lowest BCUT2D eigenvalue weighted by molar-refractivity contribution is 0.183. The molecule has 2 aromatic carbocycles. The molecule has 2 aromatic rings. The lowest BCUT2D eigenvalue weighted by Gasteiger charge is -2.36. The predicted octanol–water partition coefficient (Wildman–Crippen LogP) is 5.07. The highest BCUT2D eigenvalue weighted by atomic mass is 32.2. The van der Waals surface area contributed by atoms with Gasteiger partial charge in [-0.15, -0.1) is 11.8 Å². The van der Waals surface area contributed by atoms with Crippen molar-refractivity contribution >= 4 is 11.8 Å². The SMILES string of the molecule is CN1C2CCC1CC(Sc1ccc(-c3ccccc3)cc1)C2. The molecule has 1 nitrogen and oxygen atoms in total. The molecule has 2 aliphatic rings. The number of benzene rings is 2. The van der Waals surface area contributed by atoms with Crippen molar-refractivity contribution in [1.82, 2.24) is 4.90 Å². The maximum absolute atomic E-state index is 2.62. The maximum atomic E-state index is 2.62. The lowest BCUT2D eigenvalue weighted by atomic mass is 10.0. The summed E-state index contributed by atoms with van der Waals surface area (Å²) in [6.07, 6.45) is 5.53. The van der Waals surface area contributed by atoms with Crippen LogP contribution in [0.3, 0.4) is 0 Å². The number of rotatable bonds is 3. The molecule has 0 amide bonds. The Labute approximate surface area is 137 Å². The van der Waals surface area contributed by atoms with Gasteiger partial charge in [0.1, 0.15) is 0 Å². The maximum Gasteiger partial charge on any atom is 0.0124 e. The van der Waals surface area contributed by atoms with Crippen molar-refractivity contribution in [2.24, 2.45) is 0 Å². The smallest absolute Gasteiger partial charge is 0.0124 e. The Hall–Kier alpha value is -1.25. The van der Waals surface area contributed by atoms with E-state index in [4.69, 9.17) is 0 Å². The molecule has 2 aliphatic heterocycles. The fourth-order valence-corrected chi connectivity index (χ4v) is 5.32. The number of fused-ring (bicyclic) bond motifs is 2. The fraction of sp³-hybridized carbons (Fsp3) is 0.400. The monoisotopic (exact) mass is 309 g/mol. The Morgan fingerprint density at radius 3 is 2.05 bits per heavy atom. The van der Waals surface area contributed by atoms with Crippen molar-refractivity contribution in [3.05, 3.63) is 54.6 Å². The molecule has 2 heteroatoms. The minimum Gasteiger partial charge on any atom is -0.300 e. The van der Waals surface area contributed by atoms with E-state index in [0.29, 0.717) is 0 Å². The summed E-state index contributed by atoms with van der Waals surface area (Å²) in [4.78, 5) is 4.05. The van der Waals surface area contributed by atoms with Crippen LogP contribution in [0.1, 0.15) is 25.7 Å². The molecule has 2 saturated heterocycles. The van der Waals surface area contributed by atoms with Crippen molar-refractivity contribution in [3.63, 3.8) is 0 Å². The minimum absolute atomic E-state index is 0.802. The number of hydrogen-bond donors (Lipinski definition) is 0. The standard InChI is InChI=1S/C20H23NS/c1-21-17-9-10-18(21)14-20(13-17)22-19-11-7-16(8-12-19)15-5-3-2-4-6-15/h2-8,11-12,17-18,20H,9-10,13-14H2,1H3. The van der Waals surface area contributed by atoms with Crippen LogP contribution in [0.4, 0.5) is 0 Å². The third-order valence-electron chi connectivity index (χ3n) is 5.32. The molecule has 4 rings (SSSR count). The van der Waals surface area contributed by atoms with Gasteiger partial charge in [-0.2, -0.15) is 0 Å². The first-order chi connectivity index (χ1) is 10.8. The molecule has 2 heterocycles. The molecule has 0 aromatic heterocycles. The molecule has 0 radical (unpaired) electrons. The number of nitrogens with zero attached hydrogens (tertiary/aromatic N) is 1. The van der Waals surface area contributed by atoms with Crippen LogP contribution in [0.5, 0.6) is 0 Å². The highest BCUT2D eigenvalue weighted by Crippen LogP contribution is 2.41. The largest absolute Gasteiger partial charge is 0.300 e. The van der Waals surface area contributed by atoms with Crippen molar-refractivity contribution in [1.29, 1.82) is 0 Å². The molecule has 114 valence electrons. The van der Waals surface area contributed by atoms with Gasteiger partial charge in [-0.1, -0.05) is 42.5 Å². The van der Waals surface area contributed by atoms with Crippen LogP contribution >= 0.6 is 11.8 Å². The molecule has 2 atom stereocenters. The van der Waals surface area contributed by atoms with Crippen molar-refractivity contribution in [2.45, 2.75) is 47.9 Å². The number of piperidine rings is 1. The highest BCUT2D eigenvalue weighted by Gasteiger charge is 2.38. The Morgan fingerprint density at radius 2 is 1.41 bits per heavy atom. The normalized spacial score (nSPS) is 28.0. The fourth-order valence-electron chi connectivity index (χ4n) is 4.01. The second kappa shape index (κ2) is 6.10. The van der Waals surface area contributed by atoms with Crippen LogP contribution in [0.25, 0.3) is 11.1 Å². The van der Waals surface area contributed by atoms with Crippen LogP contribution < -0.4 is 0 Å². The summed E-state index contributed by atoms with van der Waals surface area (Å²) in [7, 11) is 2.32. The lowest BCUT2D eigenvalue weighted by Crippen LogP contribution is -2.40. The first kappa shape index (κ1) is 14.3. The first-order valence-electron chi connectivity index (χ1n) is 8.33. The Kier molecular flexibility index (Phi) is 3.98. The number of thioether (sulfide) groups is 1. The minimum atomic E-state index is 0.802. The quantitative estimate of drug-likeness (QED) is 0.778. The van der Waals surface area contributed by atoms with E-state index in [-0.39, 0.29) is 0 Å². The zero-order valence-electron chi connectivity index (χ0n) is 13.1. The van der Waals surface area contributed by atoms with Crippen molar-refractivity contribution < 1.29 is 0 Å². The van der Waals surface area contributed by atoms with Gasteiger partial charge in [0.05, 0.1) is 0 Å². The summed E-state index contributed by atoms with van der Waals surface area (Å²) >= 11 is 2.09. The van der Waals surface area contributed by atoms with Crippen LogP contribution in [-0.2, 0) is 0 Å². The van der Waals surface area contributed by atoms with Gasteiger partial charge in [-0.25, -0.2) is 0 Å². The van der Waals surface area contributed by atoms with E-state index in [1.165, 1.54) is 41.7 Å². The summed E-state index contributed by atoms with van der Waals surface area (Å²) in [5, 5.41) is 0.802. The average Bonchev–Trinajstić information content (AvgIpc) is 2.78. The summed E-state index contributed by atoms with van der Waals surface area (Å²) in [6.45, 7) is 0. The van der Waals surface area contributed by atoms with Gasteiger partial charge >= 0.3 is 0 Å².